The Hall–Kier alpha value is -2.41. The van der Waals surface area contributed by atoms with Crippen LogP contribution in [-0.2, 0) is 6.54 Å². The molecule has 0 aliphatic heterocycles. The molecule has 0 amide bonds. The third-order valence-corrected chi connectivity index (χ3v) is 4.54. The van der Waals surface area contributed by atoms with Crippen LogP contribution in [0, 0.1) is 3.57 Å². The van der Waals surface area contributed by atoms with E-state index < -0.39 is 0 Å². The van der Waals surface area contributed by atoms with Crippen molar-refractivity contribution in [3.05, 3.63) is 75.9 Å². The second-order valence-electron chi connectivity index (χ2n) is 5.65. The van der Waals surface area contributed by atoms with Gasteiger partial charge >= 0.3 is 0 Å². The molecule has 0 aliphatic rings. The molecule has 26 heavy (non-hydrogen) atoms. The Labute approximate surface area is 166 Å². The number of para-hydroxylation sites is 1. The summed E-state index contributed by atoms with van der Waals surface area (Å²) in [5.74, 6) is 2.32. The number of nitrogens with one attached hydrogen (secondary N) is 1. The highest BCUT2D eigenvalue weighted by molar-refractivity contribution is 14.1. The lowest BCUT2D eigenvalue weighted by Crippen LogP contribution is -2.01. The Morgan fingerprint density at radius 3 is 2.35 bits per heavy atom. The van der Waals surface area contributed by atoms with Gasteiger partial charge in [0.15, 0.2) is 11.5 Å². The minimum Gasteiger partial charge on any atom is -0.504 e. The van der Waals surface area contributed by atoms with Gasteiger partial charge in [-0.3, -0.25) is 0 Å². The van der Waals surface area contributed by atoms with E-state index in [1.807, 2.05) is 73.7 Å². The Bertz CT molecular complexity index is 851. The maximum atomic E-state index is 10.0. The molecule has 5 heteroatoms. The molecule has 0 atom stereocenters. The highest BCUT2D eigenvalue weighted by Crippen LogP contribution is 2.33. The Morgan fingerprint density at radius 2 is 1.65 bits per heavy atom. The molecular formula is C21H20INO3. The van der Waals surface area contributed by atoms with Crippen molar-refractivity contribution in [2.24, 2.45) is 0 Å². The van der Waals surface area contributed by atoms with E-state index in [1.54, 1.807) is 0 Å². The van der Waals surface area contributed by atoms with Crippen molar-refractivity contribution in [1.29, 1.82) is 0 Å². The minimum atomic E-state index is 0.193. The van der Waals surface area contributed by atoms with E-state index in [-0.39, 0.29) is 5.75 Å². The van der Waals surface area contributed by atoms with E-state index >= 15 is 0 Å². The Kier molecular flexibility index (Phi) is 6.22. The van der Waals surface area contributed by atoms with Gasteiger partial charge in [0.25, 0.3) is 0 Å². The van der Waals surface area contributed by atoms with Gasteiger partial charge in [0, 0.05) is 12.2 Å². The van der Waals surface area contributed by atoms with Gasteiger partial charge in [-0.2, -0.15) is 0 Å². The number of phenolic OH excluding ortho intramolecular Hbond substituents is 1. The smallest absolute Gasteiger partial charge is 0.171 e. The normalized spacial score (nSPS) is 10.4. The molecule has 0 radical (unpaired) electrons. The number of benzene rings is 3. The number of rotatable bonds is 7. The quantitative estimate of drug-likeness (QED) is 0.437. The van der Waals surface area contributed by atoms with Crippen LogP contribution in [0.2, 0.25) is 0 Å². The summed E-state index contributed by atoms with van der Waals surface area (Å²) in [4.78, 5) is 0. The average Bonchev–Trinajstić information content (AvgIpc) is 2.66. The molecular weight excluding hydrogens is 441 g/mol. The first kappa shape index (κ1) is 18.4. The van der Waals surface area contributed by atoms with Gasteiger partial charge in [-0.25, -0.2) is 0 Å². The van der Waals surface area contributed by atoms with Crippen LogP contribution >= 0.6 is 22.6 Å². The van der Waals surface area contributed by atoms with Crippen LogP contribution in [-0.4, -0.2) is 11.7 Å². The van der Waals surface area contributed by atoms with Gasteiger partial charge in [0.1, 0.15) is 11.5 Å². The molecule has 0 heterocycles. The number of halogens is 1. The maximum Gasteiger partial charge on any atom is 0.171 e. The van der Waals surface area contributed by atoms with Crippen molar-refractivity contribution in [2.75, 3.05) is 11.9 Å². The van der Waals surface area contributed by atoms with E-state index in [1.165, 1.54) is 0 Å². The van der Waals surface area contributed by atoms with Gasteiger partial charge in [0.2, 0.25) is 0 Å². The van der Waals surface area contributed by atoms with E-state index in [9.17, 15) is 5.11 Å². The highest BCUT2D eigenvalue weighted by Gasteiger charge is 2.09. The molecule has 2 N–H and O–H groups in total. The fraction of sp³-hybridized carbons (Fsp3) is 0.143. The molecule has 3 aromatic carbocycles. The summed E-state index contributed by atoms with van der Waals surface area (Å²) in [6.07, 6.45) is 0. The molecule has 0 bridgehead atoms. The van der Waals surface area contributed by atoms with E-state index in [0.29, 0.717) is 18.9 Å². The molecule has 4 nitrogen and oxygen atoms in total. The Morgan fingerprint density at radius 1 is 0.962 bits per heavy atom. The maximum absolute atomic E-state index is 10.0. The highest BCUT2D eigenvalue weighted by atomic mass is 127. The molecule has 0 unspecified atom stereocenters. The average molecular weight is 461 g/mol. The summed E-state index contributed by atoms with van der Waals surface area (Å²) in [6, 6.07) is 21.3. The fourth-order valence-electron chi connectivity index (χ4n) is 2.46. The van der Waals surface area contributed by atoms with Crippen molar-refractivity contribution in [3.8, 4) is 23.0 Å². The number of hydrogen-bond donors (Lipinski definition) is 2. The van der Waals surface area contributed by atoms with Gasteiger partial charge in [-0.05, 0) is 83.6 Å². The molecule has 0 fully saturated rings. The Balaban J connectivity index is 1.63. The van der Waals surface area contributed by atoms with Crippen LogP contribution in [0.15, 0.2) is 66.7 Å². The SMILES string of the molecule is CCOc1cc(CNc2ccc(Oc3ccccc3)cc2)cc(I)c1O. The summed E-state index contributed by atoms with van der Waals surface area (Å²) < 4.78 is 12.1. The van der Waals surface area contributed by atoms with Gasteiger partial charge in [-0.1, -0.05) is 18.2 Å². The van der Waals surface area contributed by atoms with Crippen LogP contribution in [0.25, 0.3) is 0 Å². The van der Waals surface area contributed by atoms with Gasteiger partial charge < -0.3 is 19.9 Å². The number of aromatic hydroxyl groups is 1. The van der Waals surface area contributed by atoms with Gasteiger partial charge in [-0.15, -0.1) is 0 Å². The predicted molar refractivity (Wildman–Crippen MR) is 112 cm³/mol. The van der Waals surface area contributed by atoms with Crippen molar-refractivity contribution >= 4 is 28.3 Å². The van der Waals surface area contributed by atoms with Crippen molar-refractivity contribution in [3.63, 3.8) is 0 Å². The largest absolute Gasteiger partial charge is 0.504 e. The lowest BCUT2D eigenvalue weighted by molar-refractivity contribution is 0.317. The molecule has 0 aromatic heterocycles. The fourth-order valence-corrected chi connectivity index (χ4v) is 3.13. The molecule has 3 rings (SSSR count). The molecule has 0 saturated carbocycles. The zero-order valence-electron chi connectivity index (χ0n) is 14.4. The summed E-state index contributed by atoms with van der Waals surface area (Å²) in [5, 5.41) is 13.4. The van der Waals surface area contributed by atoms with Crippen LogP contribution < -0.4 is 14.8 Å². The number of phenols is 1. The zero-order chi connectivity index (χ0) is 18.4. The second-order valence-corrected chi connectivity index (χ2v) is 6.81. The molecule has 0 aliphatic carbocycles. The van der Waals surface area contributed by atoms with Crippen LogP contribution in [0.5, 0.6) is 23.0 Å². The minimum absolute atomic E-state index is 0.193. The van der Waals surface area contributed by atoms with Crippen LogP contribution in [0.3, 0.4) is 0 Å². The van der Waals surface area contributed by atoms with Crippen molar-refractivity contribution in [2.45, 2.75) is 13.5 Å². The van der Waals surface area contributed by atoms with E-state index in [2.05, 4.69) is 27.9 Å². The van der Waals surface area contributed by atoms with Crippen molar-refractivity contribution in [1.82, 2.24) is 0 Å². The summed E-state index contributed by atoms with van der Waals surface area (Å²) in [5.41, 5.74) is 2.03. The monoisotopic (exact) mass is 461 g/mol. The van der Waals surface area contributed by atoms with E-state index in [0.717, 1.165) is 26.3 Å². The lowest BCUT2D eigenvalue weighted by atomic mass is 10.2. The topological polar surface area (TPSA) is 50.7 Å². The first-order valence-corrected chi connectivity index (χ1v) is 9.44. The summed E-state index contributed by atoms with van der Waals surface area (Å²) >= 11 is 2.11. The third-order valence-electron chi connectivity index (χ3n) is 3.72. The number of hydrogen-bond acceptors (Lipinski definition) is 4. The van der Waals surface area contributed by atoms with Crippen LogP contribution in [0.1, 0.15) is 12.5 Å². The lowest BCUT2D eigenvalue weighted by Gasteiger charge is -2.12. The van der Waals surface area contributed by atoms with Gasteiger partial charge in [0.05, 0.1) is 10.2 Å². The second kappa shape index (κ2) is 8.80. The zero-order valence-corrected chi connectivity index (χ0v) is 16.6. The van der Waals surface area contributed by atoms with Crippen molar-refractivity contribution < 1.29 is 14.6 Å². The first-order chi connectivity index (χ1) is 12.7. The summed E-state index contributed by atoms with van der Waals surface area (Å²) in [6.45, 7) is 3.05. The number of ether oxygens (including phenoxy) is 2. The standard InChI is InChI=1S/C21H20INO3/c1-2-25-20-13-15(12-19(22)21(20)24)14-23-16-8-10-18(11-9-16)26-17-6-4-3-5-7-17/h3-13,23-24H,2,14H2,1H3. The molecule has 0 spiro atoms. The summed E-state index contributed by atoms with van der Waals surface area (Å²) in [7, 11) is 0. The molecule has 134 valence electrons. The van der Waals surface area contributed by atoms with E-state index in [4.69, 9.17) is 9.47 Å². The molecule has 0 saturated heterocycles. The first-order valence-electron chi connectivity index (χ1n) is 8.36. The van der Waals surface area contributed by atoms with Crippen LogP contribution in [0.4, 0.5) is 5.69 Å². The predicted octanol–water partition coefficient (Wildman–Crippen LogP) is 5.80. The number of anilines is 1. The third kappa shape index (κ3) is 4.82. The molecule has 3 aromatic rings.